The molecule has 2 nitrogen and oxygen atoms in total. The molecule has 0 aliphatic heterocycles. The van der Waals surface area contributed by atoms with Gasteiger partial charge in [0.25, 0.3) is 0 Å². The molecule has 95 valence electrons. The first-order valence-corrected chi connectivity index (χ1v) is 6.45. The van der Waals surface area contributed by atoms with Crippen molar-refractivity contribution in [2.75, 3.05) is 0 Å². The number of hydrogen-bond acceptors (Lipinski definition) is 2. The van der Waals surface area contributed by atoms with E-state index in [9.17, 15) is 0 Å². The zero-order valence-corrected chi connectivity index (χ0v) is 10.7. The van der Waals surface area contributed by atoms with E-state index in [1.165, 1.54) is 0 Å². The molecule has 20 heavy (non-hydrogen) atoms. The predicted octanol–water partition coefficient (Wildman–Crippen LogP) is 5.18. The third-order valence-electron chi connectivity index (χ3n) is 3.27. The lowest BCUT2D eigenvalue weighted by molar-refractivity contribution is 0.483. The largest absolute Gasteiger partial charge is 0.457 e. The van der Waals surface area contributed by atoms with Crippen LogP contribution in [0.25, 0.3) is 21.9 Å². The van der Waals surface area contributed by atoms with Gasteiger partial charge in [0.2, 0.25) is 0 Å². The summed E-state index contributed by atoms with van der Waals surface area (Å²) in [5.74, 6) is 1.60. The van der Waals surface area contributed by atoms with Crippen LogP contribution in [0.2, 0.25) is 0 Å². The molecule has 0 atom stereocenters. The van der Waals surface area contributed by atoms with Gasteiger partial charge in [0.05, 0.1) is 0 Å². The van der Waals surface area contributed by atoms with E-state index in [0.29, 0.717) is 0 Å². The molecule has 0 amide bonds. The summed E-state index contributed by atoms with van der Waals surface area (Å²) < 4.78 is 11.6. The highest BCUT2D eigenvalue weighted by molar-refractivity contribution is 6.05. The quantitative estimate of drug-likeness (QED) is 0.495. The second-order valence-electron chi connectivity index (χ2n) is 4.59. The van der Waals surface area contributed by atoms with Crippen LogP contribution in [0.5, 0.6) is 11.5 Å². The molecule has 1 aromatic heterocycles. The van der Waals surface area contributed by atoms with E-state index in [1.54, 1.807) is 0 Å². The average Bonchev–Trinajstić information content (AvgIpc) is 2.86. The molecule has 0 unspecified atom stereocenters. The summed E-state index contributed by atoms with van der Waals surface area (Å²) in [7, 11) is 0. The van der Waals surface area contributed by atoms with E-state index in [2.05, 4.69) is 12.1 Å². The Balaban J connectivity index is 1.83. The van der Waals surface area contributed by atoms with Gasteiger partial charge in [-0.3, -0.25) is 0 Å². The highest BCUT2D eigenvalue weighted by Crippen LogP contribution is 2.32. The zero-order chi connectivity index (χ0) is 13.4. The van der Waals surface area contributed by atoms with E-state index < -0.39 is 0 Å². The van der Waals surface area contributed by atoms with Crippen molar-refractivity contribution in [3.63, 3.8) is 0 Å². The van der Waals surface area contributed by atoms with Gasteiger partial charge in [0.1, 0.15) is 22.7 Å². The van der Waals surface area contributed by atoms with Crippen LogP contribution in [0.3, 0.4) is 0 Å². The molecule has 1 radical (unpaired) electrons. The van der Waals surface area contributed by atoms with Crippen molar-refractivity contribution in [1.82, 2.24) is 0 Å². The van der Waals surface area contributed by atoms with Gasteiger partial charge >= 0.3 is 0 Å². The van der Waals surface area contributed by atoms with E-state index in [-0.39, 0.29) is 0 Å². The lowest BCUT2D eigenvalue weighted by atomic mass is 10.1. The van der Waals surface area contributed by atoms with Crippen LogP contribution in [0.15, 0.2) is 71.1 Å². The van der Waals surface area contributed by atoms with Crippen LogP contribution in [0.4, 0.5) is 0 Å². The number of benzene rings is 3. The summed E-state index contributed by atoms with van der Waals surface area (Å²) in [6.07, 6.45) is 0. The number of para-hydroxylation sites is 1. The number of hydrogen-bond donors (Lipinski definition) is 0. The SMILES string of the molecule is [c]1ccc(Oc2ccc3oc4ccccc4c3c2)cc1. The summed E-state index contributed by atoms with van der Waals surface area (Å²) in [5.41, 5.74) is 1.77. The minimum Gasteiger partial charge on any atom is -0.457 e. The Morgan fingerprint density at radius 3 is 2.45 bits per heavy atom. The second kappa shape index (κ2) is 4.42. The Hall–Kier alpha value is -2.74. The molecule has 0 saturated carbocycles. The second-order valence-corrected chi connectivity index (χ2v) is 4.59. The van der Waals surface area contributed by atoms with Crippen LogP contribution in [-0.4, -0.2) is 0 Å². The van der Waals surface area contributed by atoms with Crippen molar-refractivity contribution >= 4 is 21.9 Å². The third kappa shape index (κ3) is 1.82. The Morgan fingerprint density at radius 2 is 1.55 bits per heavy atom. The first-order valence-electron chi connectivity index (χ1n) is 6.45. The van der Waals surface area contributed by atoms with Gasteiger partial charge in [-0.1, -0.05) is 30.3 Å². The van der Waals surface area contributed by atoms with E-state index >= 15 is 0 Å². The molecule has 3 aromatic carbocycles. The fourth-order valence-corrected chi connectivity index (χ4v) is 2.34. The van der Waals surface area contributed by atoms with Crippen LogP contribution in [0.1, 0.15) is 0 Å². The predicted molar refractivity (Wildman–Crippen MR) is 79.1 cm³/mol. The van der Waals surface area contributed by atoms with Gasteiger partial charge in [-0.25, -0.2) is 0 Å². The summed E-state index contributed by atoms with van der Waals surface area (Å²) in [5, 5.41) is 2.18. The van der Waals surface area contributed by atoms with Gasteiger partial charge in [-0.15, -0.1) is 0 Å². The zero-order valence-electron chi connectivity index (χ0n) is 10.7. The van der Waals surface area contributed by atoms with Gasteiger partial charge < -0.3 is 9.15 Å². The summed E-state index contributed by atoms with van der Waals surface area (Å²) in [4.78, 5) is 0. The summed E-state index contributed by atoms with van der Waals surface area (Å²) >= 11 is 0. The standard InChI is InChI=1S/C18H11O2/c1-2-6-13(7-3-1)19-14-10-11-18-16(12-14)15-8-4-5-9-17(15)20-18/h2-12H. The maximum atomic E-state index is 5.84. The first kappa shape index (κ1) is 11.1. The van der Waals surface area contributed by atoms with Crippen LogP contribution >= 0.6 is 0 Å². The molecule has 0 saturated heterocycles. The summed E-state index contributed by atoms with van der Waals surface area (Å²) in [6, 6.07) is 24.3. The number of rotatable bonds is 2. The monoisotopic (exact) mass is 259 g/mol. The van der Waals surface area contributed by atoms with E-state index in [0.717, 1.165) is 33.4 Å². The topological polar surface area (TPSA) is 22.4 Å². The maximum Gasteiger partial charge on any atom is 0.135 e. The van der Waals surface area contributed by atoms with Gasteiger partial charge in [0.15, 0.2) is 0 Å². The van der Waals surface area contributed by atoms with Crippen LogP contribution in [-0.2, 0) is 0 Å². The number of fused-ring (bicyclic) bond motifs is 3. The first-order chi connectivity index (χ1) is 9.90. The van der Waals surface area contributed by atoms with Gasteiger partial charge in [-0.05, 0) is 42.5 Å². The van der Waals surface area contributed by atoms with Crippen molar-refractivity contribution in [2.24, 2.45) is 0 Å². The fourth-order valence-electron chi connectivity index (χ4n) is 2.34. The number of furan rings is 1. The maximum absolute atomic E-state index is 5.84. The summed E-state index contributed by atoms with van der Waals surface area (Å²) in [6.45, 7) is 0. The molecule has 0 aliphatic rings. The molecule has 0 bridgehead atoms. The molecular formula is C18H11O2. The van der Waals surface area contributed by atoms with Gasteiger partial charge in [-0.2, -0.15) is 0 Å². The lowest BCUT2D eigenvalue weighted by Gasteiger charge is -2.04. The Kier molecular flexibility index (Phi) is 2.46. The molecule has 0 aliphatic carbocycles. The molecular weight excluding hydrogens is 248 g/mol. The molecule has 4 aromatic rings. The number of ether oxygens (including phenoxy) is 1. The van der Waals surface area contributed by atoms with Crippen molar-refractivity contribution in [1.29, 1.82) is 0 Å². The third-order valence-corrected chi connectivity index (χ3v) is 3.27. The fraction of sp³-hybridized carbons (Fsp3) is 0. The molecule has 0 N–H and O–H groups in total. The Morgan fingerprint density at radius 1 is 0.750 bits per heavy atom. The van der Waals surface area contributed by atoms with Crippen molar-refractivity contribution in [3.05, 3.63) is 72.8 Å². The van der Waals surface area contributed by atoms with E-state index in [4.69, 9.17) is 9.15 Å². The van der Waals surface area contributed by atoms with Crippen molar-refractivity contribution in [3.8, 4) is 11.5 Å². The average molecular weight is 259 g/mol. The minimum absolute atomic E-state index is 0.801. The Bertz CT molecular complexity index is 876. The normalized spacial score (nSPS) is 11.0. The highest BCUT2D eigenvalue weighted by atomic mass is 16.5. The highest BCUT2D eigenvalue weighted by Gasteiger charge is 2.07. The molecule has 1 heterocycles. The molecule has 0 spiro atoms. The lowest BCUT2D eigenvalue weighted by Crippen LogP contribution is -1.82. The van der Waals surface area contributed by atoms with Crippen molar-refractivity contribution in [2.45, 2.75) is 0 Å². The van der Waals surface area contributed by atoms with Crippen molar-refractivity contribution < 1.29 is 9.15 Å². The molecule has 4 rings (SSSR count). The molecule has 0 fully saturated rings. The van der Waals surface area contributed by atoms with E-state index in [1.807, 2.05) is 60.7 Å². The van der Waals surface area contributed by atoms with Crippen LogP contribution in [0, 0.1) is 6.07 Å². The molecule has 2 heteroatoms. The smallest absolute Gasteiger partial charge is 0.135 e. The van der Waals surface area contributed by atoms with Crippen LogP contribution < -0.4 is 4.74 Å². The van der Waals surface area contributed by atoms with Gasteiger partial charge in [0, 0.05) is 10.8 Å². The minimum atomic E-state index is 0.801. The Labute approximate surface area is 116 Å².